The normalized spacial score (nSPS) is 11.4. The number of methoxy groups -OCH3 is 1. The van der Waals surface area contributed by atoms with E-state index in [9.17, 15) is 9.90 Å². The Hall–Kier alpha value is -2.60. The van der Waals surface area contributed by atoms with E-state index in [0.717, 1.165) is 10.5 Å². The summed E-state index contributed by atoms with van der Waals surface area (Å²) >= 11 is 1.49. The predicted octanol–water partition coefficient (Wildman–Crippen LogP) is 3.31. The van der Waals surface area contributed by atoms with E-state index in [1.807, 2.05) is 18.5 Å². The molecule has 3 rings (SSSR count). The Bertz CT molecular complexity index is 877. The number of rotatable bonds is 4. The molecule has 112 valence electrons. The molecule has 22 heavy (non-hydrogen) atoms. The van der Waals surface area contributed by atoms with Gasteiger partial charge in [0, 0.05) is 11.6 Å². The molecule has 0 unspecified atom stereocenters. The first-order chi connectivity index (χ1) is 10.6. The van der Waals surface area contributed by atoms with Crippen molar-refractivity contribution < 1.29 is 14.6 Å². The van der Waals surface area contributed by atoms with Crippen molar-refractivity contribution in [3.05, 3.63) is 52.8 Å². The van der Waals surface area contributed by atoms with Gasteiger partial charge in [-0.15, -0.1) is 11.3 Å². The second-order valence-electron chi connectivity index (χ2n) is 4.73. The Balaban J connectivity index is 1.89. The SMILES string of the molecule is COc1ccc(/C=C/C(=O)c2c(C)nc3sccn23)cc1O. The van der Waals surface area contributed by atoms with E-state index in [1.54, 1.807) is 28.7 Å². The molecule has 0 atom stereocenters. The summed E-state index contributed by atoms with van der Waals surface area (Å²) in [6.45, 7) is 1.82. The summed E-state index contributed by atoms with van der Waals surface area (Å²) in [4.78, 5) is 17.5. The van der Waals surface area contributed by atoms with Gasteiger partial charge in [0.2, 0.25) is 5.78 Å². The van der Waals surface area contributed by atoms with Crippen LogP contribution in [0.1, 0.15) is 21.7 Å². The van der Waals surface area contributed by atoms with Gasteiger partial charge in [0.1, 0.15) is 5.69 Å². The molecule has 0 bridgehead atoms. The van der Waals surface area contributed by atoms with Crippen LogP contribution in [0.4, 0.5) is 0 Å². The number of ketones is 1. The minimum Gasteiger partial charge on any atom is -0.504 e. The van der Waals surface area contributed by atoms with Crippen LogP contribution < -0.4 is 4.74 Å². The third kappa shape index (κ3) is 2.48. The summed E-state index contributed by atoms with van der Waals surface area (Å²) in [6, 6.07) is 4.97. The van der Waals surface area contributed by atoms with Gasteiger partial charge in [0.15, 0.2) is 16.5 Å². The summed E-state index contributed by atoms with van der Waals surface area (Å²) in [5, 5.41) is 11.6. The second kappa shape index (κ2) is 5.65. The minimum atomic E-state index is -0.126. The number of benzene rings is 1. The van der Waals surface area contributed by atoms with Gasteiger partial charge < -0.3 is 9.84 Å². The molecule has 6 heteroatoms. The topological polar surface area (TPSA) is 63.8 Å². The smallest absolute Gasteiger partial charge is 0.204 e. The number of fused-ring (bicyclic) bond motifs is 1. The van der Waals surface area contributed by atoms with Crippen molar-refractivity contribution in [3.63, 3.8) is 0 Å². The molecule has 1 aromatic carbocycles. The number of hydrogen-bond donors (Lipinski definition) is 1. The summed E-state index contributed by atoms with van der Waals surface area (Å²) in [7, 11) is 1.49. The number of carbonyl (C=O) groups is 1. The van der Waals surface area contributed by atoms with Gasteiger partial charge in [-0.1, -0.05) is 12.1 Å². The third-order valence-corrected chi connectivity index (χ3v) is 4.06. The first kappa shape index (κ1) is 14.3. The lowest BCUT2D eigenvalue weighted by Gasteiger charge is -2.03. The molecule has 0 saturated carbocycles. The van der Waals surface area contributed by atoms with Crippen LogP contribution in [-0.4, -0.2) is 27.4 Å². The molecule has 0 amide bonds. The number of thiazole rings is 1. The molecule has 2 aromatic heterocycles. The van der Waals surface area contributed by atoms with Gasteiger partial charge in [0.25, 0.3) is 0 Å². The summed E-state index contributed by atoms with van der Waals surface area (Å²) < 4.78 is 6.78. The molecule has 0 aliphatic heterocycles. The molecule has 0 fully saturated rings. The van der Waals surface area contributed by atoms with E-state index in [-0.39, 0.29) is 11.5 Å². The maximum atomic E-state index is 12.4. The van der Waals surface area contributed by atoms with E-state index < -0.39 is 0 Å². The van der Waals surface area contributed by atoms with Gasteiger partial charge in [-0.25, -0.2) is 4.98 Å². The maximum absolute atomic E-state index is 12.4. The van der Waals surface area contributed by atoms with Crippen molar-refractivity contribution in [3.8, 4) is 11.5 Å². The number of carbonyl (C=O) groups excluding carboxylic acids is 1. The standard InChI is InChI=1S/C16H14N2O3S/c1-10-15(18-7-8-22-16(18)17-10)12(19)5-3-11-4-6-14(21-2)13(20)9-11/h3-9,20H,1-2H3/b5-3+. The van der Waals surface area contributed by atoms with Crippen LogP contribution in [0.3, 0.4) is 0 Å². The maximum Gasteiger partial charge on any atom is 0.204 e. The second-order valence-corrected chi connectivity index (χ2v) is 5.60. The monoisotopic (exact) mass is 314 g/mol. The highest BCUT2D eigenvalue weighted by Crippen LogP contribution is 2.26. The number of nitrogens with zero attached hydrogens (tertiary/aromatic N) is 2. The molecule has 0 aliphatic rings. The Morgan fingerprint density at radius 3 is 3.00 bits per heavy atom. The highest BCUT2D eigenvalue weighted by atomic mass is 32.1. The highest BCUT2D eigenvalue weighted by molar-refractivity contribution is 7.15. The predicted molar refractivity (Wildman–Crippen MR) is 85.8 cm³/mol. The van der Waals surface area contributed by atoms with Crippen molar-refractivity contribution >= 4 is 28.2 Å². The number of imidazole rings is 1. The lowest BCUT2D eigenvalue weighted by Crippen LogP contribution is -2.00. The molecule has 0 radical (unpaired) electrons. The number of phenolic OH excluding ortho intramolecular Hbond substituents is 1. The molecular formula is C16H14N2O3S. The molecule has 1 N–H and O–H groups in total. The van der Waals surface area contributed by atoms with Gasteiger partial charge >= 0.3 is 0 Å². The average Bonchev–Trinajstić information content (AvgIpc) is 3.04. The fourth-order valence-electron chi connectivity index (χ4n) is 2.25. The molecule has 0 spiro atoms. The van der Waals surface area contributed by atoms with Crippen molar-refractivity contribution in [1.29, 1.82) is 0 Å². The fourth-order valence-corrected chi connectivity index (χ4v) is 3.01. The summed E-state index contributed by atoms with van der Waals surface area (Å²) in [5.74, 6) is 0.312. The number of ether oxygens (including phenoxy) is 1. The van der Waals surface area contributed by atoms with Gasteiger partial charge in [0.05, 0.1) is 12.8 Å². The van der Waals surface area contributed by atoms with Gasteiger partial charge in [-0.2, -0.15) is 0 Å². The lowest BCUT2D eigenvalue weighted by atomic mass is 10.1. The largest absolute Gasteiger partial charge is 0.504 e. The van der Waals surface area contributed by atoms with Crippen LogP contribution in [0.15, 0.2) is 35.9 Å². The van der Waals surface area contributed by atoms with E-state index in [0.29, 0.717) is 17.1 Å². The van der Waals surface area contributed by atoms with E-state index in [1.165, 1.54) is 24.5 Å². The Kier molecular flexibility index (Phi) is 3.68. The molecule has 0 saturated heterocycles. The zero-order chi connectivity index (χ0) is 15.7. The minimum absolute atomic E-state index is 0.0397. The van der Waals surface area contributed by atoms with E-state index in [4.69, 9.17) is 4.74 Å². The molecule has 0 aliphatic carbocycles. The Morgan fingerprint density at radius 1 is 1.45 bits per heavy atom. The number of phenols is 1. The zero-order valence-electron chi connectivity index (χ0n) is 12.1. The number of aromatic nitrogens is 2. The third-order valence-electron chi connectivity index (χ3n) is 3.30. The first-order valence-corrected chi connectivity index (χ1v) is 7.49. The van der Waals surface area contributed by atoms with Crippen molar-refractivity contribution in [1.82, 2.24) is 9.38 Å². The quantitative estimate of drug-likeness (QED) is 0.593. The number of allylic oxidation sites excluding steroid dienone is 1. The number of hydrogen-bond acceptors (Lipinski definition) is 5. The average molecular weight is 314 g/mol. The van der Waals surface area contributed by atoms with Crippen LogP contribution in [-0.2, 0) is 0 Å². The van der Waals surface area contributed by atoms with Crippen LogP contribution in [0.5, 0.6) is 11.5 Å². The first-order valence-electron chi connectivity index (χ1n) is 6.61. The van der Waals surface area contributed by atoms with Crippen molar-refractivity contribution in [2.24, 2.45) is 0 Å². The fraction of sp³-hybridized carbons (Fsp3) is 0.125. The summed E-state index contributed by atoms with van der Waals surface area (Å²) in [6.07, 6.45) is 4.97. The van der Waals surface area contributed by atoms with Crippen molar-refractivity contribution in [2.45, 2.75) is 6.92 Å². The molecule has 3 aromatic rings. The van der Waals surface area contributed by atoms with E-state index in [2.05, 4.69) is 4.98 Å². The highest BCUT2D eigenvalue weighted by Gasteiger charge is 2.14. The van der Waals surface area contributed by atoms with Gasteiger partial charge in [-0.05, 0) is 30.7 Å². The number of aryl methyl sites for hydroxylation is 1. The Morgan fingerprint density at radius 2 is 2.27 bits per heavy atom. The molecule has 2 heterocycles. The van der Waals surface area contributed by atoms with Crippen LogP contribution in [0, 0.1) is 6.92 Å². The zero-order valence-corrected chi connectivity index (χ0v) is 12.9. The Labute approximate surface area is 131 Å². The van der Waals surface area contributed by atoms with Crippen LogP contribution in [0.2, 0.25) is 0 Å². The van der Waals surface area contributed by atoms with E-state index >= 15 is 0 Å². The van der Waals surface area contributed by atoms with Crippen LogP contribution >= 0.6 is 11.3 Å². The lowest BCUT2D eigenvalue weighted by molar-refractivity contribution is 0.104. The van der Waals surface area contributed by atoms with Crippen LogP contribution in [0.25, 0.3) is 11.0 Å². The number of aromatic hydroxyl groups is 1. The summed E-state index contributed by atoms with van der Waals surface area (Å²) in [5.41, 5.74) is 1.99. The van der Waals surface area contributed by atoms with Gasteiger partial charge in [-0.3, -0.25) is 9.20 Å². The molecular weight excluding hydrogens is 300 g/mol. The van der Waals surface area contributed by atoms with Crippen molar-refractivity contribution in [2.75, 3.05) is 7.11 Å². The molecule has 5 nitrogen and oxygen atoms in total.